The van der Waals surface area contributed by atoms with E-state index in [0.717, 1.165) is 12.0 Å². The largest absolute Gasteiger partial charge is 0.505 e. The summed E-state index contributed by atoms with van der Waals surface area (Å²) >= 11 is 0. The van der Waals surface area contributed by atoms with Crippen molar-refractivity contribution in [3.8, 4) is 0 Å². The van der Waals surface area contributed by atoms with E-state index in [2.05, 4.69) is 20.8 Å². The Labute approximate surface area is 123 Å². The molecule has 0 amide bonds. The fraction of sp³-hybridized carbons (Fsp3) is 0.625. The van der Waals surface area contributed by atoms with Gasteiger partial charge in [0.05, 0.1) is 11.4 Å². The van der Waals surface area contributed by atoms with Gasteiger partial charge in [-0.15, -0.1) is 0 Å². The van der Waals surface area contributed by atoms with Gasteiger partial charge < -0.3 is 22.3 Å². The molecule has 0 rings (SSSR count). The van der Waals surface area contributed by atoms with E-state index in [0.29, 0.717) is 35.5 Å². The van der Waals surface area contributed by atoms with Crippen molar-refractivity contribution in [2.24, 2.45) is 22.6 Å². The van der Waals surface area contributed by atoms with Crippen LogP contribution >= 0.6 is 0 Å². The number of aliphatic hydroxyl groups excluding tert-OH is 1. The quantitative estimate of drug-likeness (QED) is 0.458. The van der Waals surface area contributed by atoms with Crippen LogP contribution in [0.15, 0.2) is 34.0 Å². The number of hydrogen-bond acceptors (Lipinski definition) is 4. The Balaban J connectivity index is 5.49. The first-order valence-corrected chi connectivity index (χ1v) is 7.11. The maximum atomic E-state index is 10.2. The summed E-state index contributed by atoms with van der Waals surface area (Å²) < 4.78 is 0. The standard InChI is InChI=1S/C16H31N3O/c1-7-11(17)15(20)13(10(2)3)14(19)12(18)8-9-16(4,5)6/h20H,7-9,17-19H2,1-6H3/b14-12-,15-11-. The van der Waals surface area contributed by atoms with E-state index in [1.54, 1.807) is 0 Å². The molecule has 4 nitrogen and oxygen atoms in total. The van der Waals surface area contributed by atoms with Gasteiger partial charge in [0.2, 0.25) is 0 Å². The summed E-state index contributed by atoms with van der Waals surface area (Å²) in [4.78, 5) is 0. The van der Waals surface area contributed by atoms with E-state index in [1.807, 2.05) is 20.8 Å². The summed E-state index contributed by atoms with van der Waals surface area (Å²) in [6, 6.07) is 0. The molecule has 116 valence electrons. The molecule has 0 heterocycles. The number of rotatable bonds is 5. The highest BCUT2D eigenvalue weighted by atomic mass is 16.3. The lowest BCUT2D eigenvalue weighted by molar-refractivity contribution is 0.376. The Morgan fingerprint density at radius 2 is 1.50 bits per heavy atom. The van der Waals surface area contributed by atoms with E-state index in [1.165, 1.54) is 0 Å². The lowest BCUT2D eigenvalue weighted by Gasteiger charge is -2.20. The predicted molar refractivity (Wildman–Crippen MR) is 86.6 cm³/mol. The zero-order valence-corrected chi connectivity index (χ0v) is 13.8. The van der Waals surface area contributed by atoms with Crippen LogP contribution in [0.4, 0.5) is 0 Å². The summed E-state index contributed by atoms with van der Waals surface area (Å²) in [6.07, 6.45) is 2.20. The SMILES string of the molecule is CC/C(N)=C(/O)C(=C(C)C)/C(N)=C(/N)CCC(C)(C)C. The van der Waals surface area contributed by atoms with Crippen molar-refractivity contribution in [2.75, 3.05) is 0 Å². The van der Waals surface area contributed by atoms with Crippen LogP contribution in [0.2, 0.25) is 0 Å². The second kappa shape index (κ2) is 7.27. The van der Waals surface area contributed by atoms with Crippen molar-refractivity contribution in [3.05, 3.63) is 34.0 Å². The van der Waals surface area contributed by atoms with Gasteiger partial charge in [0, 0.05) is 11.3 Å². The third-order valence-corrected chi connectivity index (χ3v) is 3.18. The molecule has 0 saturated heterocycles. The Kier molecular flexibility index (Phi) is 6.69. The fourth-order valence-electron chi connectivity index (χ4n) is 1.77. The molecule has 0 bridgehead atoms. The van der Waals surface area contributed by atoms with Gasteiger partial charge in [-0.3, -0.25) is 0 Å². The monoisotopic (exact) mass is 281 g/mol. The molecule has 0 aliphatic heterocycles. The van der Waals surface area contributed by atoms with Gasteiger partial charge in [-0.2, -0.15) is 0 Å². The van der Waals surface area contributed by atoms with Gasteiger partial charge in [-0.05, 0) is 38.5 Å². The van der Waals surface area contributed by atoms with Gasteiger partial charge in [0.15, 0.2) is 0 Å². The molecule has 0 radical (unpaired) electrons. The average molecular weight is 281 g/mol. The third kappa shape index (κ3) is 5.59. The molecule has 0 aliphatic carbocycles. The average Bonchev–Trinajstić information content (AvgIpc) is 2.33. The maximum absolute atomic E-state index is 10.2. The minimum atomic E-state index is 0.0451. The maximum Gasteiger partial charge on any atom is 0.143 e. The third-order valence-electron chi connectivity index (χ3n) is 3.18. The smallest absolute Gasteiger partial charge is 0.143 e. The van der Waals surface area contributed by atoms with Crippen LogP contribution in [-0.4, -0.2) is 5.11 Å². The van der Waals surface area contributed by atoms with Crippen LogP contribution in [0.1, 0.15) is 60.8 Å². The molecule has 0 aromatic carbocycles. The first-order valence-electron chi connectivity index (χ1n) is 7.11. The summed E-state index contributed by atoms with van der Waals surface area (Å²) in [5.41, 5.74) is 21.1. The predicted octanol–water partition coefficient (Wildman–Crippen LogP) is 3.42. The van der Waals surface area contributed by atoms with Crippen molar-refractivity contribution >= 4 is 0 Å². The lowest BCUT2D eigenvalue weighted by atomic mass is 9.89. The molecule has 0 atom stereocenters. The molecule has 7 N–H and O–H groups in total. The van der Waals surface area contributed by atoms with E-state index < -0.39 is 0 Å². The van der Waals surface area contributed by atoms with E-state index in [9.17, 15) is 5.11 Å². The molecule has 0 saturated carbocycles. The Morgan fingerprint density at radius 3 is 1.85 bits per heavy atom. The summed E-state index contributed by atoms with van der Waals surface area (Å²) in [7, 11) is 0. The fourth-order valence-corrected chi connectivity index (χ4v) is 1.77. The molecule has 0 aromatic heterocycles. The summed E-state index contributed by atoms with van der Waals surface area (Å²) in [6.45, 7) is 12.1. The lowest BCUT2D eigenvalue weighted by Crippen LogP contribution is -2.17. The van der Waals surface area contributed by atoms with Crippen molar-refractivity contribution in [1.29, 1.82) is 0 Å². The van der Waals surface area contributed by atoms with Crippen molar-refractivity contribution < 1.29 is 5.11 Å². The molecule has 0 unspecified atom stereocenters. The van der Waals surface area contributed by atoms with Crippen LogP contribution in [0.3, 0.4) is 0 Å². The second-order valence-electron chi connectivity index (χ2n) is 6.60. The van der Waals surface area contributed by atoms with E-state index in [4.69, 9.17) is 17.2 Å². The first-order chi connectivity index (χ1) is 9.01. The number of allylic oxidation sites excluding steroid dienone is 3. The van der Waals surface area contributed by atoms with Gasteiger partial charge in [0.25, 0.3) is 0 Å². The van der Waals surface area contributed by atoms with Crippen LogP contribution in [0, 0.1) is 5.41 Å². The molecule has 0 fully saturated rings. The van der Waals surface area contributed by atoms with E-state index in [-0.39, 0.29) is 11.2 Å². The molecule has 0 aliphatic rings. The van der Waals surface area contributed by atoms with Gasteiger partial charge >= 0.3 is 0 Å². The van der Waals surface area contributed by atoms with E-state index >= 15 is 0 Å². The minimum Gasteiger partial charge on any atom is -0.505 e. The highest BCUT2D eigenvalue weighted by Gasteiger charge is 2.17. The molecular weight excluding hydrogens is 250 g/mol. The molecule has 4 heteroatoms. The summed E-state index contributed by atoms with van der Waals surface area (Å²) in [5.74, 6) is 0.0451. The molecule has 20 heavy (non-hydrogen) atoms. The topological polar surface area (TPSA) is 98.3 Å². The van der Waals surface area contributed by atoms with Gasteiger partial charge in [-0.1, -0.05) is 33.3 Å². The van der Waals surface area contributed by atoms with Crippen LogP contribution < -0.4 is 17.2 Å². The Morgan fingerprint density at radius 1 is 1.00 bits per heavy atom. The first kappa shape index (κ1) is 18.4. The van der Waals surface area contributed by atoms with Gasteiger partial charge in [0.1, 0.15) is 5.76 Å². The normalized spacial score (nSPS) is 14.5. The zero-order chi connectivity index (χ0) is 16.1. The highest BCUT2D eigenvalue weighted by Crippen LogP contribution is 2.26. The second-order valence-corrected chi connectivity index (χ2v) is 6.60. The zero-order valence-electron chi connectivity index (χ0n) is 13.8. The van der Waals surface area contributed by atoms with Crippen molar-refractivity contribution in [2.45, 2.75) is 60.8 Å². The van der Waals surface area contributed by atoms with Crippen LogP contribution in [0.25, 0.3) is 0 Å². The Bertz CT molecular complexity index is 433. The number of aliphatic hydroxyl groups is 1. The van der Waals surface area contributed by atoms with Crippen molar-refractivity contribution in [1.82, 2.24) is 0 Å². The van der Waals surface area contributed by atoms with Crippen LogP contribution in [0.5, 0.6) is 0 Å². The van der Waals surface area contributed by atoms with Gasteiger partial charge in [-0.25, -0.2) is 0 Å². The van der Waals surface area contributed by atoms with Crippen LogP contribution in [-0.2, 0) is 0 Å². The summed E-state index contributed by atoms with van der Waals surface area (Å²) in [5, 5.41) is 10.2. The number of nitrogens with two attached hydrogens (primary N) is 3. The highest BCUT2D eigenvalue weighted by molar-refractivity contribution is 5.47. The number of hydrogen-bond donors (Lipinski definition) is 4. The minimum absolute atomic E-state index is 0.0451. The van der Waals surface area contributed by atoms with Crippen molar-refractivity contribution in [3.63, 3.8) is 0 Å². The Hall–Kier alpha value is -1.58. The molecule has 0 aromatic rings. The molecule has 0 spiro atoms. The molecular formula is C16H31N3O.